The van der Waals surface area contributed by atoms with Crippen LogP contribution in [0.5, 0.6) is 0 Å². The summed E-state index contributed by atoms with van der Waals surface area (Å²) in [5, 5.41) is 5.73. The Morgan fingerprint density at radius 1 is 1.18 bits per heavy atom. The highest BCUT2D eigenvalue weighted by Gasteiger charge is 2.43. The molecule has 0 radical (unpaired) electrons. The number of aliphatic imine (C=N–C) groups is 1. The highest BCUT2D eigenvalue weighted by molar-refractivity contribution is 8.14. The van der Waals surface area contributed by atoms with Gasteiger partial charge in [0.1, 0.15) is 6.04 Å². The molecule has 0 aliphatic carbocycles. The highest BCUT2D eigenvalue weighted by Crippen LogP contribution is 2.34. The number of alkyl halides is 3. The molecule has 3 rings (SSSR count). The van der Waals surface area contributed by atoms with Crippen molar-refractivity contribution in [3.63, 3.8) is 0 Å². The number of carbonyl (C=O) groups is 1. The Kier molecular flexibility index (Phi) is 6.51. The van der Waals surface area contributed by atoms with Crippen LogP contribution in [0.15, 0.2) is 59.6 Å². The monoisotopic (exact) mass is 427 g/mol. The van der Waals surface area contributed by atoms with E-state index in [1.54, 1.807) is 54.6 Å². The molecule has 2 atom stereocenters. The van der Waals surface area contributed by atoms with Crippen LogP contribution in [0, 0.1) is 0 Å². The van der Waals surface area contributed by atoms with E-state index in [1.165, 1.54) is 0 Å². The lowest BCUT2D eigenvalue weighted by atomic mass is 9.98. The summed E-state index contributed by atoms with van der Waals surface area (Å²) >= 11 is 6.74. The summed E-state index contributed by atoms with van der Waals surface area (Å²) in [5.74, 6) is -0.414. The van der Waals surface area contributed by atoms with Crippen LogP contribution in [0.2, 0.25) is 5.02 Å². The van der Waals surface area contributed by atoms with E-state index in [0.29, 0.717) is 16.3 Å². The van der Waals surface area contributed by atoms with Gasteiger partial charge in [-0.1, -0.05) is 53.7 Å². The summed E-state index contributed by atoms with van der Waals surface area (Å²) < 4.78 is 39.9. The van der Waals surface area contributed by atoms with Crippen molar-refractivity contribution in [1.82, 2.24) is 5.32 Å². The van der Waals surface area contributed by atoms with Gasteiger partial charge in [-0.3, -0.25) is 9.79 Å². The van der Waals surface area contributed by atoms with Gasteiger partial charge < -0.3 is 10.6 Å². The van der Waals surface area contributed by atoms with E-state index in [-0.39, 0.29) is 23.2 Å². The molecule has 4 nitrogen and oxygen atoms in total. The standard InChI is InChI=1S/C19H17ClF3N3OS/c20-13-6-8-14(9-7-13)24-17(27)11-28-18-25-15(12-4-2-1-3-5-12)10-16(26-18)19(21,22)23/h1-9,15-16H,10-11H2,(H,24,27)(H,25,26)/t15-,16+/m1/s1. The number of rotatable bonds is 4. The van der Waals surface area contributed by atoms with Crippen LogP contribution in [0.25, 0.3) is 0 Å². The van der Waals surface area contributed by atoms with Crippen molar-refractivity contribution in [1.29, 1.82) is 0 Å². The van der Waals surface area contributed by atoms with E-state index in [2.05, 4.69) is 15.6 Å². The zero-order valence-corrected chi connectivity index (χ0v) is 16.1. The second-order valence-corrected chi connectivity index (χ2v) is 7.58. The number of nitrogens with one attached hydrogen (secondary N) is 2. The fourth-order valence-corrected chi connectivity index (χ4v) is 3.60. The molecule has 1 heterocycles. The minimum absolute atomic E-state index is 0.0689. The van der Waals surface area contributed by atoms with Crippen molar-refractivity contribution in [2.24, 2.45) is 4.99 Å². The average Bonchev–Trinajstić information content (AvgIpc) is 2.68. The number of nitrogens with zero attached hydrogens (tertiary/aromatic N) is 1. The minimum Gasteiger partial charge on any atom is -0.353 e. The summed E-state index contributed by atoms with van der Waals surface area (Å²) in [6, 6.07) is 13.1. The number of hydrogen-bond donors (Lipinski definition) is 2. The summed E-state index contributed by atoms with van der Waals surface area (Å²) in [5.41, 5.74) is 1.27. The van der Waals surface area contributed by atoms with E-state index in [4.69, 9.17) is 11.6 Å². The van der Waals surface area contributed by atoms with Gasteiger partial charge in [-0.25, -0.2) is 0 Å². The zero-order chi connectivity index (χ0) is 20.1. The highest BCUT2D eigenvalue weighted by atomic mass is 35.5. The maximum atomic E-state index is 13.3. The van der Waals surface area contributed by atoms with E-state index >= 15 is 0 Å². The number of halogens is 4. The van der Waals surface area contributed by atoms with E-state index < -0.39 is 18.3 Å². The molecule has 148 valence electrons. The van der Waals surface area contributed by atoms with Crippen LogP contribution in [0.4, 0.5) is 18.9 Å². The fraction of sp³-hybridized carbons (Fsp3) is 0.263. The molecule has 9 heteroatoms. The predicted octanol–water partition coefficient (Wildman–Crippen LogP) is 5.03. The van der Waals surface area contributed by atoms with E-state index in [0.717, 1.165) is 11.8 Å². The number of anilines is 1. The lowest BCUT2D eigenvalue weighted by Crippen LogP contribution is -2.48. The van der Waals surface area contributed by atoms with Crippen LogP contribution in [-0.2, 0) is 4.79 Å². The minimum atomic E-state index is -4.40. The summed E-state index contributed by atoms with van der Waals surface area (Å²) in [7, 11) is 0. The Balaban J connectivity index is 1.67. The largest absolute Gasteiger partial charge is 0.408 e. The second kappa shape index (κ2) is 8.87. The second-order valence-electron chi connectivity index (χ2n) is 6.18. The third-order valence-electron chi connectivity index (χ3n) is 4.08. The first-order valence-corrected chi connectivity index (χ1v) is 9.82. The Labute approximate surface area is 169 Å². The number of amides is 1. The molecule has 0 unspecified atom stereocenters. The molecule has 0 saturated carbocycles. The van der Waals surface area contributed by atoms with E-state index in [1.807, 2.05) is 0 Å². The van der Waals surface area contributed by atoms with Gasteiger partial charge >= 0.3 is 6.18 Å². The Morgan fingerprint density at radius 3 is 2.50 bits per heavy atom. The molecule has 1 aliphatic rings. The third-order valence-corrected chi connectivity index (χ3v) is 5.23. The van der Waals surface area contributed by atoms with Crippen LogP contribution in [-0.4, -0.2) is 29.0 Å². The Morgan fingerprint density at radius 2 is 1.86 bits per heavy atom. The van der Waals surface area contributed by atoms with Crippen molar-refractivity contribution >= 4 is 40.1 Å². The van der Waals surface area contributed by atoms with Crippen LogP contribution >= 0.6 is 23.4 Å². The van der Waals surface area contributed by atoms with Gasteiger partial charge in [-0.05, 0) is 29.8 Å². The van der Waals surface area contributed by atoms with Crippen LogP contribution in [0.1, 0.15) is 18.0 Å². The van der Waals surface area contributed by atoms with Gasteiger partial charge in [0.25, 0.3) is 0 Å². The van der Waals surface area contributed by atoms with Gasteiger partial charge in [-0.2, -0.15) is 13.2 Å². The first-order valence-electron chi connectivity index (χ1n) is 8.45. The van der Waals surface area contributed by atoms with Crippen molar-refractivity contribution < 1.29 is 18.0 Å². The van der Waals surface area contributed by atoms with Gasteiger partial charge in [0.05, 0.1) is 11.8 Å². The lowest BCUT2D eigenvalue weighted by Gasteiger charge is -2.31. The predicted molar refractivity (Wildman–Crippen MR) is 107 cm³/mol. The lowest BCUT2D eigenvalue weighted by molar-refractivity contribution is -0.155. The van der Waals surface area contributed by atoms with Gasteiger partial charge in [0.15, 0.2) is 5.17 Å². The number of thioether (sulfide) groups is 1. The normalized spacial score (nSPS) is 19.5. The molecule has 0 spiro atoms. The van der Waals surface area contributed by atoms with Crippen molar-refractivity contribution in [2.75, 3.05) is 11.1 Å². The summed E-state index contributed by atoms with van der Waals surface area (Å²) in [6.45, 7) is 0. The molecule has 2 aromatic rings. The molecule has 2 aromatic carbocycles. The first kappa shape index (κ1) is 20.5. The smallest absolute Gasteiger partial charge is 0.353 e. The molecule has 0 aromatic heterocycles. The van der Waals surface area contributed by atoms with Crippen molar-refractivity contribution in [2.45, 2.75) is 24.7 Å². The molecule has 1 aliphatic heterocycles. The molecule has 2 N–H and O–H groups in total. The van der Waals surface area contributed by atoms with Crippen molar-refractivity contribution in [3.05, 3.63) is 65.2 Å². The first-order chi connectivity index (χ1) is 13.3. The number of benzene rings is 2. The maximum absolute atomic E-state index is 13.3. The molecular formula is C19H17ClF3N3OS. The van der Waals surface area contributed by atoms with Gasteiger partial charge in [-0.15, -0.1) is 0 Å². The quantitative estimate of drug-likeness (QED) is 0.719. The number of amidine groups is 1. The number of hydrogen-bond acceptors (Lipinski definition) is 4. The SMILES string of the molecule is O=C(CSC1=N[C@@H](c2ccccc2)C[C@@H](C(F)(F)F)N1)Nc1ccc(Cl)cc1. The molecule has 1 amide bonds. The third kappa shape index (κ3) is 5.65. The molecular weight excluding hydrogens is 411 g/mol. The molecule has 0 fully saturated rings. The van der Waals surface area contributed by atoms with E-state index in [9.17, 15) is 18.0 Å². The molecule has 28 heavy (non-hydrogen) atoms. The van der Waals surface area contributed by atoms with Crippen molar-refractivity contribution in [3.8, 4) is 0 Å². The zero-order valence-electron chi connectivity index (χ0n) is 14.5. The van der Waals surface area contributed by atoms with Crippen LogP contribution in [0.3, 0.4) is 0 Å². The maximum Gasteiger partial charge on any atom is 0.408 e. The van der Waals surface area contributed by atoms with Gasteiger partial charge in [0.2, 0.25) is 5.91 Å². The Hall–Kier alpha value is -2.19. The average molecular weight is 428 g/mol. The van der Waals surface area contributed by atoms with Crippen LogP contribution < -0.4 is 10.6 Å². The number of carbonyl (C=O) groups excluding carboxylic acids is 1. The fourth-order valence-electron chi connectivity index (χ4n) is 2.71. The summed E-state index contributed by atoms with van der Waals surface area (Å²) in [4.78, 5) is 16.5. The van der Waals surface area contributed by atoms with Gasteiger partial charge in [0, 0.05) is 17.1 Å². The Bertz CT molecular complexity index is 844. The topological polar surface area (TPSA) is 53.5 Å². The molecule has 0 bridgehead atoms. The molecule has 0 saturated heterocycles. The summed E-state index contributed by atoms with van der Waals surface area (Å²) in [6.07, 6.45) is -4.59.